The summed E-state index contributed by atoms with van der Waals surface area (Å²) in [7, 11) is 1.35. The van der Waals surface area contributed by atoms with E-state index >= 15 is 0 Å². The van der Waals surface area contributed by atoms with Crippen molar-refractivity contribution in [3.05, 3.63) is 34.5 Å². The number of carbonyl (C=O) groups excluding carboxylic acids is 1. The van der Waals surface area contributed by atoms with Crippen LogP contribution < -0.4 is 0 Å². The normalized spacial score (nSPS) is 10.6. The number of nitrogens with one attached hydrogen (secondary N) is 1. The zero-order chi connectivity index (χ0) is 11.0. The number of aromatic amines is 1. The van der Waals surface area contributed by atoms with Crippen molar-refractivity contribution in [3.8, 4) is 0 Å². The number of aromatic nitrogens is 1. The molecule has 0 saturated heterocycles. The number of benzene rings is 1. The summed E-state index contributed by atoms with van der Waals surface area (Å²) >= 11 is 6.04. The molecule has 0 aliphatic rings. The molecule has 1 N–H and O–H groups in total. The molecule has 15 heavy (non-hydrogen) atoms. The molecule has 0 spiro atoms. The Kier molecular flexibility index (Phi) is 2.40. The van der Waals surface area contributed by atoms with Crippen molar-refractivity contribution in [1.82, 2.24) is 4.98 Å². The Balaban J connectivity index is 2.65. The maximum Gasteiger partial charge on any atom is 0.354 e. The van der Waals surface area contributed by atoms with Gasteiger partial charge in [-0.1, -0.05) is 11.6 Å². The van der Waals surface area contributed by atoms with E-state index in [1.807, 2.05) is 19.1 Å². The van der Waals surface area contributed by atoms with Crippen LogP contribution in [0.4, 0.5) is 0 Å². The number of esters is 1. The lowest BCUT2D eigenvalue weighted by Crippen LogP contribution is -2.00. The minimum atomic E-state index is -0.389. The molecule has 2 rings (SSSR count). The lowest BCUT2D eigenvalue weighted by molar-refractivity contribution is 0.0595. The Hall–Kier alpha value is -1.48. The Labute approximate surface area is 92.0 Å². The van der Waals surface area contributed by atoms with Crippen molar-refractivity contribution < 1.29 is 9.53 Å². The second kappa shape index (κ2) is 3.59. The molecule has 78 valence electrons. The molecule has 0 radical (unpaired) electrons. The molecule has 0 saturated carbocycles. The first kappa shape index (κ1) is 10.1. The van der Waals surface area contributed by atoms with E-state index in [1.54, 1.807) is 6.07 Å². The Morgan fingerprint density at radius 1 is 1.40 bits per heavy atom. The first-order chi connectivity index (χ1) is 7.11. The van der Waals surface area contributed by atoms with E-state index in [0.717, 1.165) is 16.5 Å². The van der Waals surface area contributed by atoms with Gasteiger partial charge in [0.15, 0.2) is 0 Å². The Morgan fingerprint density at radius 3 is 2.80 bits per heavy atom. The van der Waals surface area contributed by atoms with Crippen LogP contribution in [-0.2, 0) is 4.74 Å². The Bertz CT molecular complexity index is 531. The quantitative estimate of drug-likeness (QED) is 0.756. The van der Waals surface area contributed by atoms with E-state index in [9.17, 15) is 4.79 Å². The van der Waals surface area contributed by atoms with E-state index in [4.69, 9.17) is 11.6 Å². The first-order valence-electron chi connectivity index (χ1n) is 4.49. The SMILES string of the molecule is COC(=O)c1cc2cc(C)cc(Cl)c2[nH]1. The van der Waals surface area contributed by atoms with Crippen LogP contribution in [0.3, 0.4) is 0 Å². The van der Waals surface area contributed by atoms with Crippen molar-refractivity contribution in [2.75, 3.05) is 7.11 Å². The molecule has 1 heterocycles. The molecule has 0 fully saturated rings. The van der Waals surface area contributed by atoms with Crippen molar-refractivity contribution in [1.29, 1.82) is 0 Å². The monoisotopic (exact) mass is 223 g/mol. The summed E-state index contributed by atoms with van der Waals surface area (Å²) < 4.78 is 4.62. The van der Waals surface area contributed by atoms with Gasteiger partial charge in [0.25, 0.3) is 0 Å². The predicted octanol–water partition coefficient (Wildman–Crippen LogP) is 2.92. The smallest absolute Gasteiger partial charge is 0.354 e. The number of hydrogen-bond donors (Lipinski definition) is 1. The molecule has 3 nitrogen and oxygen atoms in total. The van der Waals surface area contributed by atoms with E-state index in [1.165, 1.54) is 7.11 Å². The van der Waals surface area contributed by atoms with Gasteiger partial charge in [-0.3, -0.25) is 0 Å². The number of halogens is 1. The molecule has 0 atom stereocenters. The summed E-state index contributed by atoms with van der Waals surface area (Å²) in [5.74, 6) is -0.389. The summed E-state index contributed by atoms with van der Waals surface area (Å²) in [5, 5.41) is 1.53. The fraction of sp³-hybridized carbons (Fsp3) is 0.182. The molecule has 0 bridgehead atoms. The number of aryl methyl sites for hydroxylation is 1. The van der Waals surface area contributed by atoms with Crippen LogP contribution in [0, 0.1) is 6.92 Å². The maximum absolute atomic E-state index is 11.3. The number of ether oxygens (including phenoxy) is 1. The lowest BCUT2D eigenvalue weighted by Gasteiger charge is -1.96. The predicted molar refractivity (Wildman–Crippen MR) is 59.4 cm³/mol. The second-order valence-electron chi connectivity index (χ2n) is 3.39. The molecule has 0 aliphatic carbocycles. The van der Waals surface area contributed by atoms with Crippen LogP contribution in [-0.4, -0.2) is 18.1 Å². The number of H-pyrrole nitrogens is 1. The maximum atomic E-state index is 11.3. The zero-order valence-corrected chi connectivity index (χ0v) is 9.18. The van der Waals surface area contributed by atoms with Crippen LogP contribution in [0.15, 0.2) is 18.2 Å². The molecular formula is C11H10ClNO2. The molecule has 2 aromatic rings. The average molecular weight is 224 g/mol. The van der Waals surface area contributed by atoms with Gasteiger partial charge >= 0.3 is 5.97 Å². The number of carbonyl (C=O) groups is 1. The van der Waals surface area contributed by atoms with E-state index in [0.29, 0.717) is 10.7 Å². The standard InChI is InChI=1S/C11H10ClNO2/c1-6-3-7-5-9(11(14)15-2)13-10(7)8(12)4-6/h3-5,13H,1-2H3. The van der Waals surface area contributed by atoms with Gasteiger partial charge in [-0.05, 0) is 30.7 Å². The molecule has 0 unspecified atom stereocenters. The summed E-state index contributed by atoms with van der Waals surface area (Å²) in [6.07, 6.45) is 0. The number of fused-ring (bicyclic) bond motifs is 1. The molecule has 0 amide bonds. The van der Waals surface area contributed by atoms with Crippen LogP contribution in [0.1, 0.15) is 16.1 Å². The van der Waals surface area contributed by atoms with Gasteiger partial charge in [-0.25, -0.2) is 4.79 Å². The third kappa shape index (κ3) is 1.70. The van der Waals surface area contributed by atoms with Gasteiger partial charge in [-0.2, -0.15) is 0 Å². The Morgan fingerprint density at radius 2 is 2.13 bits per heavy atom. The highest BCUT2D eigenvalue weighted by atomic mass is 35.5. The third-order valence-corrected chi connectivity index (χ3v) is 2.53. The van der Waals surface area contributed by atoms with Gasteiger partial charge in [0.05, 0.1) is 17.6 Å². The topological polar surface area (TPSA) is 42.1 Å². The molecule has 1 aromatic carbocycles. The van der Waals surface area contributed by atoms with Crippen LogP contribution >= 0.6 is 11.6 Å². The van der Waals surface area contributed by atoms with E-state index in [-0.39, 0.29) is 5.97 Å². The van der Waals surface area contributed by atoms with Crippen molar-refractivity contribution in [2.45, 2.75) is 6.92 Å². The number of hydrogen-bond acceptors (Lipinski definition) is 2. The van der Waals surface area contributed by atoms with Crippen molar-refractivity contribution >= 4 is 28.5 Å². The average Bonchev–Trinajstić information content (AvgIpc) is 2.60. The third-order valence-electron chi connectivity index (χ3n) is 2.23. The van der Waals surface area contributed by atoms with Crippen LogP contribution in [0.2, 0.25) is 5.02 Å². The van der Waals surface area contributed by atoms with Gasteiger partial charge in [0.1, 0.15) is 5.69 Å². The van der Waals surface area contributed by atoms with Gasteiger partial charge < -0.3 is 9.72 Å². The lowest BCUT2D eigenvalue weighted by atomic mass is 10.2. The number of rotatable bonds is 1. The number of methoxy groups -OCH3 is 1. The molecule has 1 aromatic heterocycles. The molecule has 0 aliphatic heterocycles. The summed E-state index contributed by atoms with van der Waals surface area (Å²) in [6.45, 7) is 1.95. The van der Waals surface area contributed by atoms with E-state index < -0.39 is 0 Å². The highest BCUT2D eigenvalue weighted by Gasteiger charge is 2.11. The second-order valence-corrected chi connectivity index (χ2v) is 3.79. The van der Waals surface area contributed by atoms with Crippen LogP contribution in [0.25, 0.3) is 10.9 Å². The first-order valence-corrected chi connectivity index (χ1v) is 4.87. The minimum Gasteiger partial charge on any atom is -0.464 e. The van der Waals surface area contributed by atoms with Crippen molar-refractivity contribution in [3.63, 3.8) is 0 Å². The summed E-state index contributed by atoms with van der Waals surface area (Å²) in [4.78, 5) is 14.2. The van der Waals surface area contributed by atoms with Gasteiger partial charge in [-0.15, -0.1) is 0 Å². The van der Waals surface area contributed by atoms with Crippen molar-refractivity contribution in [2.24, 2.45) is 0 Å². The van der Waals surface area contributed by atoms with Gasteiger partial charge in [0.2, 0.25) is 0 Å². The fourth-order valence-electron chi connectivity index (χ4n) is 1.56. The minimum absolute atomic E-state index is 0.389. The largest absolute Gasteiger partial charge is 0.464 e. The zero-order valence-electron chi connectivity index (χ0n) is 8.43. The van der Waals surface area contributed by atoms with E-state index in [2.05, 4.69) is 9.72 Å². The van der Waals surface area contributed by atoms with Crippen LogP contribution in [0.5, 0.6) is 0 Å². The molecular weight excluding hydrogens is 214 g/mol. The summed E-state index contributed by atoms with van der Waals surface area (Å²) in [5.41, 5.74) is 2.24. The highest BCUT2D eigenvalue weighted by Crippen LogP contribution is 2.25. The van der Waals surface area contributed by atoms with Gasteiger partial charge in [0, 0.05) is 5.39 Å². The highest BCUT2D eigenvalue weighted by molar-refractivity contribution is 6.35. The summed E-state index contributed by atoms with van der Waals surface area (Å²) in [6, 6.07) is 5.55. The molecule has 4 heteroatoms. The fourth-order valence-corrected chi connectivity index (χ4v) is 1.89.